The lowest BCUT2D eigenvalue weighted by atomic mass is 10.2. The van der Waals surface area contributed by atoms with E-state index >= 15 is 0 Å². The third kappa shape index (κ3) is 4.35. The van der Waals surface area contributed by atoms with Gasteiger partial charge in [0.05, 0.1) is 19.1 Å². The molecule has 0 saturated heterocycles. The van der Waals surface area contributed by atoms with Gasteiger partial charge in [-0.3, -0.25) is 10.1 Å². The molecule has 0 aliphatic heterocycles. The van der Waals surface area contributed by atoms with Crippen LogP contribution in [0.3, 0.4) is 0 Å². The second-order valence-electron chi connectivity index (χ2n) is 4.56. The minimum Gasteiger partial charge on any atom is -0.493 e. The first-order valence-electron chi connectivity index (χ1n) is 6.83. The Labute approximate surface area is 137 Å². The van der Waals surface area contributed by atoms with Crippen molar-refractivity contribution in [1.82, 2.24) is 0 Å². The van der Waals surface area contributed by atoms with E-state index in [0.29, 0.717) is 22.8 Å². The highest BCUT2D eigenvalue weighted by Gasteiger charge is 2.12. The Kier molecular flexibility index (Phi) is 5.56. The first-order valence-corrected chi connectivity index (χ1v) is 6.83. The maximum Gasteiger partial charge on any atom is 0.373 e. The first kappa shape index (κ1) is 17.1. The minimum absolute atomic E-state index is 0.0808. The van der Waals surface area contributed by atoms with E-state index in [2.05, 4.69) is 4.74 Å². The van der Waals surface area contributed by atoms with Crippen LogP contribution in [0, 0.1) is 10.1 Å². The summed E-state index contributed by atoms with van der Waals surface area (Å²) < 4.78 is 20.6. The van der Waals surface area contributed by atoms with E-state index in [-0.39, 0.29) is 12.4 Å². The quantitative estimate of drug-likeness (QED) is 0.436. The van der Waals surface area contributed by atoms with Crippen LogP contribution in [0.2, 0.25) is 0 Å². The van der Waals surface area contributed by atoms with E-state index in [9.17, 15) is 14.9 Å². The lowest BCUT2D eigenvalue weighted by Gasteiger charge is -2.10. The fraction of sp³-hybridized carbons (Fsp3) is 0.188. The summed E-state index contributed by atoms with van der Waals surface area (Å²) >= 11 is 0. The van der Waals surface area contributed by atoms with Gasteiger partial charge in [-0.2, -0.15) is 0 Å². The van der Waals surface area contributed by atoms with Crippen LogP contribution in [0.4, 0.5) is 0 Å². The number of methoxy groups -OCH3 is 2. The highest BCUT2D eigenvalue weighted by molar-refractivity contribution is 5.86. The molecule has 126 valence electrons. The van der Waals surface area contributed by atoms with Crippen molar-refractivity contribution in [2.75, 3.05) is 14.2 Å². The third-order valence-electron chi connectivity index (χ3n) is 2.99. The predicted molar refractivity (Wildman–Crippen MR) is 83.4 cm³/mol. The highest BCUT2D eigenvalue weighted by Crippen LogP contribution is 2.29. The monoisotopic (exact) mass is 333 g/mol. The van der Waals surface area contributed by atoms with E-state index in [4.69, 9.17) is 13.9 Å². The number of carbonyl (C=O) groups is 1. The summed E-state index contributed by atoms with van der Waals surface area (Å²) in [7, 11) is 2.73. The molecule has 1 heterocycles. The number of ether oxygens (including phenoxy) is 3. The van der Waals surface area contributed by atoms with Crippen LogP contribution in [0.1, 0.15) is 21.9 Å². The standard InChI is InChI=1S/C16H15NO7/c1-21-15-9-11(7-8-17(19)20)3-5-13(15)23-10-12-4-6-14(24-12)16(18)22-2/h3-9H,10H2,1-2H3. The van der Waals surface area contributed by atoms with Gasteiger partial charge in [0, 0.05) is 6.08 Å². The zero-order chi connectivity index (χ0) is 17.5. The largest absolute Gasteiger partial charge is 0.493 e. The molecule has 0 bridgehead atoms. The number of furan rings is 1. The van der Waals surface area contributed by atoms with Crippen molar-refractivity contribution in [3.05, 3.63) is 63.7 Å². The fourth-order valence-electron chi connectivity index (χ4n) is 1.87. The van der Waals surface area contributed by atoms with Crippen LogP contribution < -0.4 is 9.47 Å². The molecule has 0 unspecified atom stereocenters. The Morgan fingerprint density at radius 2 is 2.04 bits per heavy atom. The van der Waals surface area contributed by atoms with Crippen molar-refractivity contribution in [1.29, 1.82) is 0 Å². The zero-order valence-electron chi connectivity index (χ0n) is 13.1. The molecule has 8 heteroatoms. The van der Waals surface area contributed by atoms with Crippen molar-refractivity contribution in [2.24, 2.45) is 0 Å². The number of esters is 1. The molecular weight excluding hydrogens is 318 g/mol. The van der Waals surface area contributed by atoms with E-state index in [0.717, 1.165) is 6.20 Å². The molecule has 8 nitrogen and oxygen atoms in total. The van der Waals surface area contributed by atoms with Gasteiger partial charge in [0.2, 0.25) is 12.0 Å². The van der Waals surface area contributed by atoms with Gasteiger partial charge in [0.25, 0.3) is 0 Å². The van der Waals surface area contributed by atoms with Gasteiger partial charge in [-0.05, 0) is 29.8 Å². The molecule has 0 amide bonds. The number of nitro groups is 1. The summed E-state index contributed by atoms with van der Waals surface area (Å²) in [5, 5.41) is 10.3. The molecule has 2 aromatic rings. The van der Waals surface area contributed by atoms with Crippen LogP contribution in [-0.4, -0.2) is 25.1 Å². The first-order chi connectivity index (χ1) is 11.5. The molecular formula is C16H15NO7. The number of carbonyl (C=O) groups excluding carboxylic acids is 1. The Morgan fingerprint density at radius 1 is 1.25 bits per heavy atom. The van der Waals surface area contributed by atoms with Crippen LogP contribution in [-0.2, 0) is 11.3 Å². The molecule has 1 aromatic carbocycles. The fourth-order valence-corrected chi connectivity index (χ4v) is 1.87. The van der Waals surface area contributed by atoms with Crippen LogP contribution >= 0.6 is 0 Å². The lowest BCUT2D eigenvalue weighted by molar-refractivity contribution is -0.400. The van der Waals surface area contributed by atoms with Gasteiger partial charge < -0.3 is 18.6 Å². The number of rotatable bonds is 7. The molecule has 0 aliphatic rings. The van der Waals surface area contributed by atoms with E-state index in [1.165, 1.54) is 26.4 Å². The number of nitrogens with zero attached hydrogens (tertiary/aromatic N) is 1. The average molecular weight is 333 g/mol. The topological polar surface area (TPSA) is 101 Å². The lowest BCUT2D eigenvalue weighted by Crippen LogP contribution is -1.99. The third-order valence-corrected chi connectivity index (χ3v) is 2.99. The molecule has 1 aromatic heterocycles. The van der Waals surface area contributed by atoms with Gasteiger partial charge in [-0.1, -0.05) is 6.07 Å². The number of benzene rings is 1. The summed E-state index contributed by atoms with van der Waals surface area (Å²) in [5.41, 5.74) is 0.599. The Bertz CT molecular complexity index is 764. The molecule has 0 radical (unpaired) electrons. The summed E-state index contributed by atoms with van der Waals surface area (Å²) in [5.74, 6) is 0.811. The maximum absolute atomic E-state index is 11.3. The van der Waals surface area contributed by atoms with E-state index < -0.39 is 10.9 Å². The molecule has 0 N–H and O–H groups in total. The number of hydrogen-bond donors (Lipinski definition) is 0. The van der Waals surface area contributed by atoms with Gasteiger partial charge in [0.15, 0.2) is 11.5 Å². The molecule has 0 aliphatic carbocycles. The zero-order valence-corrected chi connectivity index (χ0v) is 13.1. The maximum atomic E-state index is 11.3. The van der Waals surface area contributed by atoms with Gasteiger partial charge >= 0.3 is 5.97 Å². The van der Waals surface area contributed by atoms with Crippen molar-refractivity contribution in [3.8, 4) is 11.5 Å². The van der Waals surface area contributed by atoms with Gasteiger partial charge in [0.1, 0.15) is 12.4 Å². The predicted octanol–water partition coefficient (Wildman–Crippen LogP) is 2.90. The van der Waals surface area contributed by atoms with Crippen molar-refractivity contribution >= 4 is 12.0 Å². The summed E-state index contributed by atoms with van der Waals surface area (Å²) in [6, 6.07) is 7.99. The van der Waals surface area contributed by atoms with E-state index in [1.807, 2.05) is 0 Å². The van der Waals surface area contributed by atoms with Crippen molar-refractivity contribution in [2.45, 2.75) is 6.61 Å². The Hall–Kier alpha value is -3.29. The summed E-state index contributed by atoms with van der Waals surface area (Å²) in [6.07, 6.45) is 2.19. The van der Waals surface area contributed by atoms with Crippen molar-refractivity contribution < 1.29 is 28.3 Å². The normalized spacial score (nSPS) is 10.6. The van der Waals surface area contributed by atoms with E-state index in [1.54, 1.807) is 24.3 Å². The van der Waals surface area contributed by atoms with Crippen molar-refractivity contribution in [3.63, 3.8) is 0 Å². The summed E-state index contributed by atoms with van der Waals surface area (Å²) in [6.45, 7) is 0.0808. The molecule has 0 spiro atoms. The second-order valence-corrected chi connectivity index (χ2v) is 4.56. The minimum atomic E-state index is -0.569. The Morgan fingerprint density at radius 3 is 2.71 bits per heavy atom. The van der Waals surface area contributed by atoms with Gasteiger partial charge in [-0.15, -0.1) is 0 Å². The average Bonchev–Trinajstić information content (AvgIpc) is 3.06. The SMILES string of the molecule is COC(=O)c1ccc(COc2ccc(C=C[N+](=O)[O-])cc2OC)o1. The summed E-state index contributed by atoms with van der Waals surface area (Å²) in [4.78, 5) is 21.1. The molecule has 0 fully saturated rings. The Balaban J connectivity index is 2.08. The highest BCUT2D eigenvalue weighted by atomic mass is 16.6. The van der Waals surface area contributed by atoms with Crippen LogP contribution in [0.25, 0.3) is 6.08 Å². The molecule has 24 heavy (non-hydrogen) atoms. The van der Waals surface area contributed by atoms with Crippen LogP contribution in [0.5, 0.6) is 11.5 Å². The smallest absolute Gasteiger partial charge is 0.373 e. The van der Waals surface area contributed by atoms with Crippen LogP contribution in [0.15, 0.2) is 40.9 Å². The molecule has 2 rings (SSSR count). The number of hydrogen-bond acceptors (Lipinski definition) is 7. The molecule has 0 atom stereocenters. The molecule has 0 saturated carbocycles. The second kappa shape index (κ2) is 7.82. The van der Waals surface area contributed by atoms with Gasteiger partial charge in [-0.25, -0.2) is 4.79 Å².